The third-order valence-corrected chi connectivity index (χ3v) is 8.10. The Hall–Kier alpha value is -2.42. The Balaban J connectivity index is 1.38. The molecule has 1 saturated heterocycles. The molecule has 1 aromatic carbocycles. The van der Waals surface area contributed by atoms with Crippen molar-refractivity contribution in [3.05, 3.63) is 59.5 Å². The van der Waals surface area contributed by atoms with Crippen molar-refractivity contribution in [2.45, 2.75) is 36.8 Å². The zero-order chi connectivity index (χ0) is 24.8. The van der Waals surface area contributed by atoms with Crippen LogP contribution in [0.25, 0.3) is 10.9 Å². The fraction of sp³-hybridized carbons (Fsp3) is 0.423. The fourth-order valence-corrected chi connectivity index (χ4v) is 5.83. The first-order valence-electron chi connectivity index (χ1n) is 11.7. The molecule has 0 aliphatic carbocycles. The maximum atomic E-state index is 15.6. The van der Waals surface area contributed by atoms with Crippen LogP contribution >= 0.6 is 23.4 Å². The first-order chi connectivity index (χ1) is 16.9. The van der Waals surface area contributed by atoms with Crippen LogP contribution in [0.4, 0.5) is 4.39 Å². The van der Waals surface area contributed by atoms with Gasteiger partial charge in [0.2, 0.25) is 0 Å². The van der Waals surface area contributed by atoms with E-state index >= 15 is 4.39 Å². The lowest BCUT2D eigenvalue weighted by Gasteiger charge is -2.39. The maximum absolute atomic E-state index is 15.6. The summed E-state index contributed by atoms with van der Waals surface area (Å²) in [6.45, 7) is 2.25. The molecule has 6 nitrogen and oxygen atoms in total. The number of piperidine rings is 1. The minimum absolute atomic E-state index is 0.0825. The van der Waals surface area contributed by atoms with Gasteiger partial charge in [0.1, 0.15) is 11.9 Å². The number of carbonyl (C=O) groups is 1. The SMILES string of the molecule is COc1ccc2ncc(Cl)c([C@H](F)CCC3(C(=O)O)CCN(CCSc4cccnc4)CC3)c2c1. The van der Waals surface area contributed by atoms with Crippen LogP contribution in [0.1, 0.15) is 37.4 Å². The number of hydrogen-bond acceptors (Lipinski definition) is 6. The van der Waals surface area contributed by atoms with E-state index in [1.165, 1.54) is 6.20 Å². The van der Waals surface area contributed by atoms with Gasteiger partial charge in [0.15, 0.2) is 0 Å². The van der Waals surface area contributed by atoms with E-state index in [4.69, 9.17) is 16.3 Å². The minimum atomic E-state index is -1.40. The molecule has 3 aromatic rings. The Labute approximate surface area is 213 Å². The van der Waals surface area contributed by atoms with E-state index in [1.54, 1.807) is 43.3 Å². The zero-order valence-corrected chi connectivity index (χ0v) is 21.2. The number of nitrogens with zero attached hydrogens (tertiary/aromatic N) is 3. The highest BCUT2D eigenvalue weighted by Gasteiger charge is 2.41. The number of thioether (sulfide) groups is 1. The second kappa shape index (κ2) is 11.5. The molecule has 0 amide bonds. The van der Waals surface area contributed by atoms with Gasteiger partial charge < -0.3 is 14.7 Å². The van der Waals surface area contributed by atoms with E-state index in [1.807, 2.05) is 18.3 Å². The van der Waals surface area contributed by atoms with Crippen LogP contribution in [0, 0.1) is 5.41 Å². The molecule has 0 saturated carbocycles. The van der Waals surface area contributed by atoms with Crippen molar-refractivity contribution in [3.63, 3.8) is 0 Å². The third-order valence-electron chi connectivity index (χ3n) is 6.84. The Morgan fingerprint density at radius 1 is 1.31 bits per heavy atom. The van der Waals surface area contributed by atoms with Crippen LogP contribution in [0.15, 0.2) is 53.8 Å². The molecule has 0 unspecified atom stereocenters. The maximum Gasteiger partial charge on any atom is 0.309 e. The van der Waals surface area contributed by atoms with Gasteiger partial charge in [-0.2, -0.15) is 0 Å². The summed E-state index contributed by atoms with van der Waals surface area (Å²) in [5, 5.41) is 10.9. The van der Waals surface area contributed by atoms with Gasteiger partial charge in [0, 0.05) is 46.7 Å². The number of fused-ring (bicyclic) bond motifs is 1. The molecule has 186 valence electrons. The van der Waals surface area contributed by atoms with Gasteiger partial charge in [0.25, 0.3) is 0 Å². The number of alkyl halides is 1. The summed E-state index contributed by atoms with van der Waals surface area (Å²) < 4.78 is 20.9. The number of aromatic nitrogens is 2. The van der Waals surface area contributed by atoms with E-state index in [-0.39, 0.29) is 17.9 Å². The lowest BCUT2D eigenvalue weighted by molar-refractivity contribution is -0.153. The van der Waals surface area contributed by atoms with Crippen molar-refractivity contribution in [1.29, 1.82) is 0 Å². The lowest BCUT2D eigenvalue weighted by atomic mass is 9.74. The predicted molar refractivity (Wildman–Crippen MR) is 137 cm³/mol. The average Bonchev–Trinajstić information content (AvgIpc) is 2.88. The van der Waals surface area contributed by atoms with Gasteiger partial charge in [-0.25, -0.2) is 4.39 Å². The third kappa shape index (κ3) is 6.05. The Kier molecular flexibility index (Phi) is 8.46. The van der Waals surface area contributed by atoms with Crippen LogP contribution < -0.4 is 4.74 Å². The molecular formula is C26H29ClFN3O3S. The summed E-state index contributed by atoms with van der Waals surface area (Å²) in [6, 6.07) is 9.21. The first kappa shape index (κ1) is 25.7. The van der Waals surface area contributed by atoms with E-state index in [2.05, 4.69) is 14.9 Å². The van der Waals surface area contributed by atoms with Gasteiger partial charge >= 0.3 is 5.97 Å². The van der Waals surface area contributed by atoms with Crippen LogP contribution in [0.3, 0.4) is 0 Å². The van der Waals surface area contributed by atoms with E-state index < -0.39 is 17.6 Å². The van der Waals surface area contributed by atoms with Gasteiger partial charge in [-0.05, 0) is 69.1 Å². The normalized spacial score (nSPS) is 16.8. The number of hydrogen-bond donors (Lipinski definition) is 1. The number of likely N-dealkylation sites (tertiary alicyclic amines) is 1. The van der Waals surface area contributed by atoms with E-state index in [0.29, 0.717) is 48.1 Å². The van der Waals surface area contributed by atoms with Gasteiger partial charge in [-0.3, -0.25) is 14.8 Å². The van der Waals surface area contributed by atoms with Crippen molar-refractivity contribution in [2.75, 3.05) is 32.5 Å². The summed E-state index contributed by atoms with van der Waals surface area (Å²) in [5.74, 6) is 0.655. The Morgan fingerprint density at radius 3 is 2.80 bits per heavy atom. The Morgan fingerprint density at radius 2 is 2.11 bits per heavy atom. The second-order valence-corrected chi connectivity index (χ2v) is 10.4. The van der Waals surface area contributed by atoms with Crippen LogP contribution in [0.2, 0.25) is 5.02 Å². The van der Waals surface area contributed by atoms with Crippen molar-refractivity contribution in [3.8, 4) is 5.75 Å². The van der Waals surface area contributed by atoms with Gasteiger partial charge in [-0.1, -0.05) is 11.6 Å². The molecule has 1 atom stereocenters. The molecule has 35 heavy (non-hydrogen) atoms. The molecule has 2 aromatic heterocycles. The molecule has 9 heteroatoms. The number of rotatable bonds is 10. The lowest BCUT2D eigenvalue weighted by Crippen LogP contribution is -2.45. The largest absolute Gasteiger partial charge is 0.497 e. The molecule has 0 bridgehead atoms. The molecule has 1 aliphatic heterocycles. The second-order valence-electron chi connectivity index (χ2n) is 8.87. The Bertz CT molecular complexity index is 1160. The molecule has 3 heterocycles. The number of methoxy groups -OCH3 is 1. The zero-order valence-electron chi connectivity index (χ0n) is 19.6. The number of carboxylic acid groups (broad SMARTS) is 1. The van der Waals surface area contributed by atoms with Crippen molar-refractivity contribution >= 4 is 40.2 Å². The summed E-state index contributed by atoms with van der Waals surface area (Å²) in [5.41, 5.74) is 0.0453. The smallest absolute Gasteiger partial charge is 0.309 e. The standard InChI is InChI=1S/C26H29ClFN3O3S/c1-34-18-4-5-23-20(15-18)24(21(27)17-30-23)22(28)6-7-26(25(32)33)8-11-31(12-9-26)13-14-35-19-3-2-10-29-16-19/h2-5,10,15-17,22H,6-9,11-14H2,1H3,(H,32,33)/t22-/m1/s1. The van der Waals surface area contributed by atoms with Gasteiger partial charge in [0.05, 0.1) is 23.1 Å². The van der Waals surface area contributed by atoms with E-state index in [0.717, 1.165) is 17.2 Å². The highest BCUT2D eigenvalue weighted by atomic mass is 35.5. The van der Waals surface area contributed by atoms with Crippen LogP contribution in [-0.4, -0.2) is 58.4 Å². The highest BCUT2D eigenvalue weighted by Crippen LogP contribution is 2.42. The van der Waals surface area contributed by atoms with Gasteiger partial charge in [-0.15, -0.1) is 11.8 Å². The molecular weight excluding hydrogens is 489 g/mol. The van der Waals surface area contributed by atoms with Crippen molar-refractivity contribution in [2.24, 2.45) is 5.41 Å². The minimum Gasteiger partial charge on any atom is -0.497 e. The number of halogens is 2. The molecule has 4 rings (SSSR count). The molecule has 1 aliphatic rings. The van der Waals surface area contributed by atoms with Crippen molar-refractivity contribution < 1.29 is 19.0 Å². The van der Waals surface area contributed by atoms with Crippen LogP contribution in [-0.2, 0) is 4.79 Å². The summed E-state index contributed by atoms with van der Waals surface area (Å²) >= 11 is 8.09. The number of aliphatic carboxylic acids is 1. The van der Waals surface area contributed by atoms with E-state index in [9.17, 15) is 9.90 Å². The molecule has 1 fully saturated rings. The topological polar surface area (TPSA) is 75.6 Å². The van der Waals surface area contributed by atoms with Crippen LogP contribution in [0.5, 0.6) is 5.75 Å². The molecule has 0 radical (unpaired) electrons. The highest BCUT2D eigenvalue weighted by molar-refractivity contribution is 7.99. The predicted octanol–water partition coefficient (Wildman–Crippen LogP) is 6.04. The molecule has 0 spiro atoms. The number of pyridine rings is 2. The quantitative estimate of drug-likeness (QED) is 0.328. The number of ether oxygens (including phenoxy) is 1. The number of benzene rings is 1. The summed E-state index contributed by atoms with van der Waals surface area (Å²) in [4.78, 5) is 24.1. The summed E-state index contributed by atoms with van der Waals surface area (Å²) in [6.07, 6.45) is 5.00. The first-order valence-corrected chi connectivity index (χ1v) is 13.0. The monoisotopic (exact) mass is 517 g/mol. The number of carboxylic acids is 1. The molecule has 1 N–H and O–H groups in total. The average molecular weight is 518 g/mol. The van der Waals surface area contributed by atoms with Crippen molar-refractivity contribution in [1.82, 2.24) is 14.9 Å². The fourth-order valence-electron chi connectivity index (χ4n) is 4.66. The summed E-state index contributed by atoms with van der Waals surface area (Å²) in [7, 11) is 1.55.